The highest BCUT2D eigenvalue weighted by atomic mass is 16.5. The first kappa shape index (κ1) is 20.0. The number of morpholine rings is 1. The SMILES string of the molecule is CCOc1nc(Nc2ccc(C(=O)N3CCOC[C@@H]3C)cc2OC)nc2[nH]ccc12. The molecule has 9 nitrogen and oxygen atoms in total. The number of rotatable bonds is 6. The first-order valence-corrected chi connectivity index (χ1v) is 9.92. The van der Waals surface area contributed by atoms with Gasteiger partial charge in [-0.15, -0.1) is 0 Å². The summed E-state index contributed by atoms with van der Waals surface area (Å²) in [7, 11) is 1.56. The van der Waals surface area contributed by atoms with Crippen LogP contribution < -0.4 is 14.8 Å². The summed E-state index contributed by atoms with van der Waals surface area (Å²) < 4.78 is 16.6. The fourth-order valence-corrected chi connectivity index (χ4v) is 3.46. The molecule has 2 aromatic heterocycles. The molecule has 4 rings (SSSR count). The monoisotopic (exact) mass is 411 g/mol. The summed E-state index contributed by atoms with van der Waals surface area (Å²) in [5.41, 5.74) is 1.88. The molecular formula is C21H25N5O4. The summed E-state index contributed by atoms with van der Waals surface area (Å²) in [6.07, 6.45) is 1.79. The average molecular weight is 411 g/mol. The highest BCUT2D eigenvalue weighted by Crippen LogP contribution is 2.30. The number of nitrogens with one attached hydrogen (secondary N) is 2. The predicted octanol–water partition coefficient (Wildman–Crippen LogP) is 2.97. The molecule has 1 aliphatic rings. The molecule has 1 aliphatic heterocycles. The van der Waals surface area contributed by atoms with Crippen molar-refractivity contribution in [3.63, 3.8) is 0 Å². The summed E-state index contributed by atoms with van der Waals surface area (Å²) in [6, 6.07) is 7.19. The van der Waals surface area contributed by atoms with Gasteiger partial charge in [-0.3, -0.25) is 4.79 Å². The molecule has 30 heavy (non-hydrogen) atoms. The van der Waals surface area contributed by atoms with Crippen LogP contribution in [0.2, 0.25) is 0 Å². The summed E-state index contributed by atoms with van der Waals surface area (Å²) in [5, 5.41) is 3.98. The number of benzene rings is 1. The highest BCUT2D eigenvalue weighted by Gasteiger charge is 2.25. The Hall–Kier alpha value is -3.33. The van der Waals surface area contributed by atoms with Crippen molar-refractivity contribution in [2.75, 3.05) is 38.8 Å². The molecule has 9 heteroatoms. The number of methoxy groups -OCH3 is 1. The van der Waals surface area contributed by atoms with Gasteiger partial charge in [-0.05, 0) is 38.1 Å². The van der Waals surface area contributed by atoms with Crippen LogP contribution in [0.1, 0.15) is 24.2 Å². The molecule has 0 saturated carbocycles. The number of aromatic amines is 1. The molecule has 2 N–H and O–H groups in total. The summed E-state index contributed by atoms with van der Waals surface area (Å²) in [4.78, 5) is 26.8. The first-order valence-electron chi connectivity index (χ1n) is 9.92. The maximum Gasteiger partial charge on any atom is 0.254 e. The quantitative estimate of drug-likeness (QED) is 0.643. The summed E-state index contributed by atoms with van der Waals surface area (Å²) in [5.74, 6) is 1.35. The van der Waals surface area contributed by atoms with Crippen LogP contribution in [0.5, 0.6) is 11.6 Å². The Morgan fingerprint density at radius 2 is 2.23 bits per heavy atom. The van der Waals surface area contributed by atoms with E-state index < -0.39 is 0 Å². The molecule has 0 aliphatic carbocycles. The molecule has 3 aromatic rings. The normalized spacial score (nSPS) is 16.5. The molecule has 1 amide bonds. The van der Waals surface area contributed by atoms with Crippen molar-refractivity contribution >= 4 is 28.6 Å². The van der Waals surface area contributed by atoms with Gasteiger partial charge >= 0.3 is 0 Å². The molecule has 1 atom stereocenters. The number of carbonyl (C=O) groups is 1. The fourth-order valence-electron chi connectivity index (χ4n) is 3.46. The van der Waals surface area contributed by atoms with E-state index in [-0.39, 0.29) is 11.9 Å². The standard InChI is InChI=1S/C21H25N5O4/c1-4-30-19-15-7-8-22-18(15)24-21(25-19)23-16-6-5-14(11-17(16)28-3)20(27)26-9-10-29-12-13(26)2/h5-8,11,13H,4,9-10,12H2,1-3H3,(H2,22,23,24,25)/t13-/m0/s1. The van der Waals surface area contributed by atoms with Crippen molar-refractivity contribution in [1.29, 1.82) is 0 Å². The number of fused-ring (bicyclic) bond motifs is 1. The third kappa shape index (κ3) is 3.88. The fraction of sp³-hybridized carbons (Fsp3) is 0.381. The van der Waals surface area contributed by atoms with Crippen molar-refractivity contribution in [3.8, 4) is 11.6 Å². The van der Waals surface area contributed by atoms with Gasteiger partial charge in [0.05, 0.1) is 44.0 Å². The molecular weight excluding hydrogens is 386 g/mol. The number of hydrogen-bond donors (Lipinski definition) is 2. The third-order valence-corrected chi connectivity index (χ3v) is 4.99. The second-order valence-electron chi connectivity index (χ2n) is 6.99. The molecule has 0 unspecified atom stereocenters. The highest BCUT2D eigenvalue weighted by molar-refractivity contribution is 5.95. The van der Waals surface area contributed by atoms with Crippen LogP contribution in [-0.4, -0.2) is 65.3 Å². The van der Waals surface area contributed by atoms with Gasteiger partial charge in [0.25, 0.3) is 5.91 Å². The van der Waals surface area contributed by atoms with E-state index in [0.717, 1.165) is 5.39 Å². The third-order valence-electron chi connectivity index (χ3n) is 4.99. The number of nitrogens with zero attached hydrogens (tertiary/aromatic N) is 3. The lowest BCUT2D eigenvalue weighted by Crippen LogP contribution is -2.47. The zero-order valence-electron chi connectivity index (χ0n) is 17.3. The largest absolute Gasteiger partial charge is 0.495 e. The number of carbonyl (C=O) groups excluding carboxylic acids is 1. The molecule has 158 valence electrons. The summed E-state index contributed by atoms with van der Waals surface area (Å²) in [6.45, 7) is 6.05. The van der Waals surface area contributed by atoms with E-state index in [2.05, 4.69) is 20.3 Å². The second kappa shape index (κ2) is 8.58. The number of amides is 1. The molecule has 3 heterocycles. The maximum atomic E-state index is 12.9. The van der Waals surface area contributed by atoms with E-state index in [4.69, 9.17) is 14.2 Å². The lowest BCUT2D eigenvalue weighted by atomic mass is 10.1. The van der Waals surface area contributed by atoms with Crippen LogP contribution in [0.4, 0.5) is 11.6 Å². The minimum absolute atomic E-state index is 0.0351. The lowest BCUT2D eigenvalue weighted by molar-refractivity contribution is 0.00358. The number of H-pyrrole nitrogens is 1. The number of hydrogen-bond acceptors (Lipinski definition) is 7. The molecule has 0 bridgehead atoms. The van der Waals surface area contributed by atoms with Crippen LogP contribution in [0.15, 0.2) is 30.5 Å². The Labute approximate surface area is 174 Å². The van der Waals surface area contributed by atoms with Crippen molar-refractivity contribution in [2.45, 2.75) is 19.9 Å². The van der Waals surface area contributed by atoms with Gasteiger partial charge in [0.1, 0.15) is 11.4 Å². The Kier molecular flexibility index (Phi) is 5.71. The molecule has 1 saturated heterocycles. The van der Waals surface area contributed by atoms with Gasteiger partial charge in [-0.25, -0.2) is 0 Å². The van der Waals surface area contributed by atoms with E-state index in [0.29, 0.717) is 60.8 Å². The van der Waals surface area contributed by atoms with E-state index in [1.54, 1.807) is 31.5 Å². The molecule has 0 spiro atoms. The van der Waals surface area contributed by atoms with E-state index in [9.17, 15) is 4.79 Å². The average Bonchev–Trinajstić information content (AvgIpc) is 3.23. The van der Waals surface area contributed by atoms with Gasteiger partial charge in [0, 0.05) is 18.3 Å². The zero-order chi connectivity index (χ0) is 21.1. The molecule has 0 radical (unpaired) electrons. The number of anilines is 2. The number of ether oxygens (including phenoxy) is 3. The first-order chi connectivity index (χ1) is 14.6. The summed E-state index contributed by atoms with van der Waals surface area (Å²) >= 11 is 0. The van der Waals surface area contributed by atoms with Gasteiger partial charge in [-0.2, -0.15) is 9.97 Å². The Bertz CT molecular complexity index is 1050. The van der Waals surface area contributed by atoms with Crippen molar-refractivity contribution in [3.05, 3.63) is 36.0 Å². The zero-order valence-corrected chi connectivity index (χ0v) is 17.3. The Morgan fingerprint density at radius 3 is 3.00 bits per heavy atom. The smallest absolute Gasteiger partial charge is 0.254 e. The van der Waals surface area contributed by atoms with E-state index in [1.165, 1.54) is 0 Å². The Balaban J connectivity index is 1.61. The predicted molar refractivity (Wildman–Crippen MR) is 113 cm³/mol. The van der Waals surface area contributed by atoms with Crippen LogP contribution in [0, 0.1) is 0 Å². The Morgan fingerprint density at radius 1 is 1.37 bits per heavy atom. The van der Waals surface area contributed by atoms with E-state index >= 15 is 0 Å². The van der Waals surface area contributed by atoms with Crippen molar-refractivity contribution in [1.82, 2.24) is 19.9 Å². The van der Waals surface area contributed by atoms with E-state index in [1.807, 2.05) is 24.8 Å². The molecule has 1 fully saturated rings. The second-order valence-corrected chi connectivity index (χ2v) is 6.99. The van der Waals surface area contributed by atoms with Gasteiger partial charge < -0.3 is 29.4 Å². The van der Waals surface area contributed by atoms with Crippen LogP contribution >= 0.6 is 0 Å². The van der Waals surface area contributed by atoms with Gasteiger partial charge in [-0.1, -0.05) is 0 Å². The minimum atomic E-state index is -0.0432. The molecule has 1 aromatic carbocycles. The van der Waals surface area contributed by atoms with Crippen molar-refractivity contribution < 1.29 is 19.0 Å². The minimum Gasteiger partial charge on any atom is -0.495 e. The number of aromatic nitrogens is 3. The van der Waals surface area contributed by atoms with Gasteiger partial charge in [0.2, 0.25) is 11.8 Å². The topological polar surface area (TPSA) is 102 Å². The lowest BCUT2D eigenvalue weighted by Gasteiger charge is -2.33. The van der Waals surface area contributed by atoms with Gasteiger partial charge in [0.15, 0.2) is 0 Å². The van der Waals surface area contributed by atoms with Crippen LogP contribution in [0.25, 0.3) is 11.0 Å². The van der Waals surface area contributed by atoms with Crippen molar-refractivity contribution in [2.24, 2.45) is 0 Å². The van der Waals surface area contributed by atoms with Crippen LogP contribution in [-0.2, 0) is 4.74 Å². The van der Waals surface area contributed by atoms with Crippen LogP contribution in [0.3, 0.4) is 0 Å². The maximum absolute atomic E-state index is 12.9.